The van der Waals surface area contributed by atoms with Gasteiger partial charge < -0.3 is 5.32 Å². The van der Waals surface area contributed by atoms with Gasteiger partial charge in [0.1, 0.15) is 5.82 Å². The van der Waals surface area contributed by atoms with E-state index in [-0.39, 0.29) is 25.7 Å². The SMILES string of the molecule is O=C(Nc1cc([N+](=O)[O-])ccc1F)C1CCCC(C(F)(F)F)C1. The molecular weight excluding hydrogens is 320 g/mol. The number of hydrogen-bond donors (Lipinski definition) is 1. The molecule has 0 radical (unpaired) electrons. The molecule has 1 saturated carbocycles. The maximum absolute atomic E-state index is 13.6. The van der Waals surface area contributed by atoms with Crippen LogP contribution in [0.3, 0.4) is 0 Å². The van der Waals surface area contributed by atoms with Gasteiger partial charge >= 0.3 is 6.18 Å². The lowest BCUT2D eigenvalue weighted by molar-refractivity contribution is -0.384. The summed E-state index contributed by atoms with van der Waals surface area (Å²) >= 11 is 0. The van der Waals surface area contributed by atoms with Crippen molar-refractivity contribution in [3.05, 3.63) is 34.1 Å². The topological polar surface area (TPSA) is 72.2 Å². The van der Waals surface area contributed by atoms with E-state index >= 15 is 0 Å². The fourth-order valence-corrected chi connectivity index (χ4v) is 2.68. The van der Waals surface area contributed by atoms with Gasteiger partial charge in [-0.1, -0.05) is 6.42 Å². The smallest absolute Gasteiger partial charge is 0.323 e. The molecule has 2 unspecified atom stereocenters. The number of hydrogen-bond acceptors (Lipinski definition) is 3. The molecule has 1 aliphatic rings. The lowest BCUT2D eigenvalue weighted by Gasteiger charge is -2.29. The fraction of sp³-hybridized carbons (Fsp3) is 0.500. The summed E-state index contributed by atoms with van der Waals surface area (Å²) in [7, 11) is 0. The summed E-state index contributed by atoms with van der Waals surface area (Å²) in [5.74, 6) is -4.08. The third-order valence-electron chi connectivity index (χ3n) is 3.93. The molecule has 1 aliphatic carbocycles. The van der Waals surface area contributed by atoms with Gasteiger partial charge in [-0.25, -0.2) is 4.39 Å². The van der Waals surface area contributed by atoms with Crippen LogP contribution in [0.15, 0.2) is 18.2 Å². The van der Waals surface area contributed by atoms with Gasteiger partial charge in [0.05, 0.1) is 16.5 Å². The number of carbonyl (C=O) groups is 1. The first-order valence-electron chi connectivity index (χ1n) is 7.00. The molecule has 1 fully saturated rings. The summed E-state index contributed by atoms with van der Waals surface area (Å²) in [5, 5.41) is 12.8. The van der Waals surface area contributed by atoms with Gasteiger partial charge in [0, 0.05) is 18.1 Å². The minimum atomic E-state index is -4.37. The van der Waals surface area contributed by atoms with Crippen molar-refractivity contribution in [3.63, 3.8) is 0 Å². The van der Waals surface area contributed by atoms with Crippen LogP contribution in [-0.4, -0.2) is 17.0 Å². The van der Waals surface area contributed by atoms with Gasteiger partial charge in [-0.05, 0) is 25.3 Å². The second-order valence-electron chi connectivity index (χ2n) is 5.51. The van der Waals surface area contributed by atoms with Gasteiger partial charge in [-0.2, -0.15) is 13.2 Å². The molecule has 1 aromatic carbocycles. The molecule has 0 heterocycles. The van der Waals surface area contributed by atoms with Crippen molar-refractivity contribution in [2.75, 3.05) is 5.32 Å². The highest BCUT2D eigenvalue weighted by Gasteiger charge is 2.43. The maximum atomic E-state index is 13.6. The predicted molar refractivity (Wildman–Crippen MR) is 73.2 cm³/mol. The van der Waals surface area contributed by atoms with Gasteiger partial charge in [-0.3, -0.25) is 14.9 Å². The van der Waals surface area contributed by atoms with Crippen molar-refractivity contribution >= 4 is 17.3 Å². The first kappa shape index (κ1) is 17.2. The van der Waals surface area contributed by atoms with E-state index in [1.807, 2.05) is 0 Å². The Bertz CT molecular complexity index is 619. The Morgan fingerprint density at radius 3 is 2.61 bits per heavy atom. The number of halogens is 4. The third kappa shape index (κ3) is 4.17. The van der Waals surface area contributed by atoms with Crippen LogP contribution in [0.25, 0.3) is 0 Å². The Morgan fingerprint density at radius 1 is 1.30 bits per heavy atom. The summed E-state index contributed by atoms with van der Waals surface area (Å²) in [6.07, 6.45) is -4.23. The number of benzene rings is 1. The zero-order valence-electron chi connectivity index (χ0n) is 11.9. The molecule has 5 nitrogen and oxygen atoms in total. The van der Waals surface area contributed by atoms with Gasteiger partial charge in [0.2, 0.25) is 5.91 Å². The molecule has 23 heavy (non-hydrogen) atoms. The molecule has 1 N–H and O–H groups in total. The Hall–Kier alpha value is -2.19. The number of nitro benzene ring substituents is 1. The standard InChI is InChI=1S/C14H14F4N2O3/c15-11-5-4-10(20(22)23)7-12(11)19-13(21)8-2-1-3-9(6-8)14(16,17)18/h4-5,7-9H,1-3,6H2,(H,19,21). The van der Waals surface area contributed by atoms with Gasteiger partial charge in [0.25, 0.3) is 5.69 Å². The Morgan fingerprint density at radius 2 is 2.00 bits per heavy atom. The van der Waals surface area contributed by atoms with Crippen molar-refractivity contribution in [3.8, 4) is 0 Å². The summed E-state index contributed by atoms with van der Waals surface area (Å²) in [6, 6.07) is 2.61. The van der Waals surface area contributed by atoms with Crippen LogP contribution in [0.1, 0.15) is 25.7 Å². The van der Waals surface area contributed by atoms with E-state index in [1.54, 1.807) is 0 Å². The molecule has 2 rings (SSSR count). The van der Waals surface area contributed by atoms with Crippen LogP contribution in [0.4, 0.5) is 28.9 Å². The molecule has 126 valence electrons. The van der Waals surface area contributed by atoms with Crippen molar-refractivity contribution in [2.45, 2.75) is 31.9 Å². The lowest BCUT2D eigenvalue weighted by Crippen LogP contribution is -2.34. The summed E-state index contributed by atoms with van der Waals surface area (Å²) in [4.78, 5) is 22.0. The fourth-order valence-electron chi connectivity index (χ4n) is 2.68. The molecule has 0 bridgehead atoms. The molecule has 9 heteroatoms. The Balaban J connectivity index is 2.10. The van der Waals surface area contributed by atoms with E-state index in [9.17, 15) is 32.5 Å². The molecule has 0 spiro atoms. The average Bonchev–Trinajstić information content (AvgIpc) is 2.48. The van der Waals surface area contributed by atoms with E-state index in [1.165, 1.54) is 0 Å². The first-order valence-corrected chi connectivity index (χ1v) is 7.00. The molecular formula is C14H14F4N2O3. The van der Waals surface area contributed by atoms with E-state index in [0.717, 1.165) is 18.2 Å². The number of nitro groups is 1. The largest absolute Gasteiger partial charge is 0.391 e. The Labute approximate surface area is 128 Å². The van der Waals surface area contributed by atoms with E-state index < -0.39 is 46.0 Å². The molecule has 0 aromatic heterocycles. The minimum absolute atomic E-state index is 0.0293. The number of carbonyl (C=O) groups excluding carboxylic acids is 1. The van der Waals surface area contributed by atoms with Crippen LogP contribution in [0.5, 0.6) is 0 Å². The summed E-state index contributed by atoms with van der Waals surface area (Å²) < 4.78 is 51.8. The van der Waals surface area contributed by atoms with Crippen LogP contribution < -0.4 is 5.32 Å². The third-order valence-corrected chi connectivity index (χ3v) is 3.93. The monoisotopic (exact) mass is 334 g/mol. The van der Waals surface area contributed by atoms with Gasteiger partial charge in [0.15, 0.2) is 0 Å². The van der Waals surface area contributed by atoms with Crippen molar-refractivity contribution in [1.29, 1.82) is 0 Å². The molecule has 1 amide bonds. The highest BCUT2D eigenvalue weighted by molar-refractivity contribution is 5.93. The number of alkyl halides is 3. The lowest BCUT2D eigenvalue weighted by atomic mass is 9.80. The number of nitrogens with one attached hydrogen (secondary N) is 1. The molecule has 0 saturated heterocycles. The molecule has 2 atom stereocenters. The van der Waals surface area contributed by atoms with E-state index in [4.69, 9.17) is 0 Å². The average molecular weight is 334 g/mol. The van der Waals surface area contributed by atoms with Crippen molar-refractivity contribution < 1.29 is 27.3 Å². The van der Waals surface area contributed by atoms with E-state index in [2.05, 4.69) is 5.32 Å². The van der Waals surface area contributed by atoms with Crippen LogP contribution >= 0.6 is 0 Å². The summed E-state index contributed by atoms with van der Waals surface area (Å²) in [5.41, 5.74) is -0.822. The zero-order chi connectivity index (χ0) is 17.2. The highest BCUT2D eigenvalue weighted by Crippen LogP contribution is 2.40. The second-order valence-corrected chi connectivity index (χ2v) is 5.51. The van der Waals surface area contributed by atoms with Crippen LogP contribution in [0.2, 0.25) is 0 Å². The first-order chi connectivity index (χ1) is 10.7. The number of amides is 1. The van der Waals surface area contributed by atoms with Crippen molar-refractivity contribution in [2.24, 2.45) is 11.8 Å². The van der Waals surface area contributed by atoms with Crippen LogP contribution in [-0.2, 0) is 4.79 Å². The zero-order valence-corrected chi connectivity index (χ0v) is 11.9. The summed E-state index contributed by atoms with van der Waals surface area (Å²) in [6.45, 7) is 0. The molecule has 1 aromatic rings. The maximum Gasteiger partial charge on any atom is 0.391 e. The van der Waals surface area contributed by atoms with Gasteiger partial charge in [-0.15, -0.1) is 0 Å². The number of anilines is 1. The number of nitrogens with zero attached hydrogens (tertiary/aromatic N) is 1. The normalized spacial score (nSPS) is 21.7. The Kier molecular flexibility index (Phi) is 4.86. The second kappa shape index (κ2) is 6.51. The molecule has 0 aliphatic heterocycles. The minimum Gasteiger partial charge on any atom is -0.323 e. The number of non-ortho nitro benzene ring substituents is 1. The van der Waals surface area contributed by atoms with Crippen LogP contribution in [0, 0.1) is 27.8 Å². The van der Waals surface area contributed by atoms with Crippen molar-refractivity contribution in [1.82, 2.24) is 0 Å². The van der Waals surface area contributed by atoms with E-state index in [0.29, 0.717) is 0 Å². The quantitative estimate of drug-likeness (QED) is 0.515. The number of rotatable bonds is 3. The predicted octanol–water partition coefficient (Wildman–Crippen LogP) is 4.04. The highest BCUT2D eigenvalue weighted by atomic mass is 19.4.